The first-order valence-electron chi connectivity index (χ1n) is 6.11. The summed E-state index contributed by atoms with van der Waals surface area (Å²) in [5, 5.41) is 6.27. The highest BCUT2D eigenvalue weighted by Gasteiger charge is 2.15. The van der Waals surface area contributed by atoms with Gasteiger partial charge in [-0.05, 0) is 24.3 Å². The van der Waals surface area contributed by atoms with Gasteiger partial charge in [0.1, 0.15) is 11.6 Å². The number of hydrogen-bond acceptors (Lipinski definition) is 5. The van der Waals surface area contributed by atoms with Gasteiger partial charge in [-0.3, -0.25) is 0 Å². The molecule has 98 valence electrons. The molecule has 1 aromatic heterocycles. The molecule has 1 aromatic carbocycles. The molecule has 1 aliphatic rings. The zero-order valence-electron chi connectivity index (χ0n) is 10.3. The van der Waals surface area contributed by atoms with Crippen LogP contribution in [0.3, 0.4) is 0 Å². The molecule has 1 aliphatic heterocycles. The van der Waals surface area contributed by atoms with E-state index >= 15 is 0 Å². The van der Waals surface area contributed by atoms with Gasteiger partial charge in [-0.2, -0.15) is 4.98 Å². The first-order chi connectivity index (χ1) is 9.22. The highest BCUT2D eigenvalue weighted by atomic mass is 19.1. The molecular formula is C13H14FN5. The number of nitrogens with one attached hydrogen (secondary N) is 2. The van der Waals surface area contributed by atoms with Crippen LogP contribution in [0.4, 0.5) is 21.8 Å². The van der Waals surface area contributed by atoms with Crippen molar-refractivity contribution in [2.75, 3.05) is 17.6 Å². The highest BCUT2D eigenvalue weighted by Crippen LogP contribution is 2.21. The van der Waals surface area contributed by atoms with Crippen LogP contribution < -0.4 is 16.4 Å². The van der Waals surface area contributed by atoms with Crippen molar-refractivity contribution in [2.24, 2.45) is 0 Å². The molecule has 0 spiro atoms. The SMILES string of the molecule is Nc1nc(Nc2ccc(F)cc2)nc2c1CNCC2. The van der Waals surface area contributed by atoms with E-state index in [4.69, 9.17) is 5.73 Å². The molecule has 0 saturated heterocycles. The molecule has 3 rings (SSSR count). The lowest BCUT2D eigenvalue weighted by Crippen LogP contribution is -2.26. The molecular weight excluding hydrogens is 245 g/mol. The fourth-order valence-electron chi connectivity index (χ4n) is 2.09. The van der Waals surface area contributed by atoms with Crippen molar-refractivity contribution in [1.82, 2.24) is 15.3 Å². The zero-order chi connectivity index (χ0) is 13.2. The maximum atomic E-state index is 12.8. The van der Waals surface area contributed by atoms with Gasteiger partial charge in [-0.1, -0.05) is 0 Å². The van der Waals surface area contributed by atoms with Gasteiger partial charge in [0.15, 0.2) is 0 Å². The van der Waals surface area contributed by atoms with Crippen LogP contribution in [0.15, 0.2) is 24.3 Å². The second kappa shape index (κ2) is 4.81. The van der Waals surface area contributed by atoms with Crippen molar-refractivity contribution in [3.05, 3.63) is 41.3 Å². The summed E-state index contributed by atoms with van der Waals surface area (Å²) in [5.41, 5.74) is 8.60. The molecule has 2 aromatic rings. The number of anilines is 3. The Labute approximate surface area is 110 Å². The maximum absolute atomic E-state index is 12.8. The van der Waals surface area contributed by atoms with Gasteiger partial charge in [0, 0.05) is 30.8 Å². The van der Waals surface area contributed by atoms with Crippen LogP contribution in [-0.2, 0) is 13.0 Å². The Morgan fingerprint density at radius 1 is 1.21 bits per heavy atom. The number of rotatable bonds is 2. The van der Waals surface area contributed by atoms with E-state index in [9.17, 15) is 4.39 Å². The molecule has 0 unspecified atom stereocenters. The lowest BCUT2D eigenvalue weighted by atomic mass is 10.1. The number of nitrogens with zero attached hydrogens (tertiary/aromatic N) is 2. The maximum Gasteiger partial charge on any atom is 0.229 e. The Kier molecular flexibility index (Phi) is 3.00. The molecule has 0 aliphatic carbocycles. The molecule has 0 bridgehead atoms. The number of aromatic nitrogens is 2. The summed E-state index contributed by atoms with van der Waals surface area (Å²) in [6.45, 7) is 1.59. The first-order valence-corrected chi connectivity index (χ1v) is 6.11. The summed E-state index contributed by atoms with van der Waals surface area (Å²) < 4.78 is 12.8. The Morgan fingerprint density at radius 3 is 2.79 bits per heavy atom. The van der Waals surface area contributed by atoms with Crippen LogP contribution in [0, 0.1) is 5.82 Å². The number of nitrogen functional groups attached to an aromatic ring is 1. The van der Waals surface area contributed by atoms with Crippen LogP contribution in [0.25, 0.3) is 0 Å². The second-order valence-corrected chi connectivity index (χ2v) is 4.42. The summed E-state index contributed by atoms with van der Waals surface area (Å²) in [6, 6.07) is 6.04. The third-order valence-corrected chi connectivity index (χ3v) is 3.07. The summed E-state index contributed by atoms with van der Waals surface area (Å²) in [6.07, 6.45) is 0.833. The lowest BCUT2D eigenvalue weighted by Gasteiger charge is -2.18. The zero-order valence-corrected chi connectivity index (χ0v) is 10.3. The van der Waals surface area contributed by atoms with Crippen LogP contribution in [-0.4, -0.2) is 16.5 Å². The molecule has 5 nitrogen and oxygen atoms in total. The van der Waals surface area contributed by atoms with E-state index in [0.29, 0.717) is 18.3 Å². The third-order valence-electron chi connectivity index (χ3n) is 3.07. The molecule has 6 heteroatoms. The van der Waals surface area contributed by atoms with Gasteiger partial charge in [-0.15, -0.1) is 0 Å². The van der Waals surface area contributed by atoms with Crippen LogP contribution in [0.5, 0.6) is 0 Å². The molecule has 4 N–H and O–H groups in total. The van der Waals surface area contributed by atoms with Crippen molar-refractivity contribution in [3.63, 3.8) is 0 Å². The lowest BCUT2D eigenvalue weighted by molar-refractivity contribution is 0.627. The van der Waals surface area contributed by atoms with Gasteiger partial charge in [0.2, 0.25) is 5.95 Å². The minimum atomic E-state index is -0.275. The summed E-state index contributed by atoms with van der Waals surface area (Å²) in [4.78, 5) is 8.68. The molecule has 0 amide bonds. The largest absolute Gasteiger partial charge is 0.383 e. The van der Waals surface area contributed by atoms with E-state index in [2.05, 4.69) is 20.6 Å². The molecule has 2 heterocycles. The van der Waals surface area contributed by atoms with Crippen LogP contribution in [0.1, 0.15) is 11.3 Å². The molecule has 19 heavy (non-hydrogen) atoms. The molecule has 0 fully saturated rings. The van der Waals surface area contributed by atoms with Crippen molar-refractivity contribution in [2.45, 2.75) is 13.0 Å². The highest BCUT2D eigenvalue weighted by molar-refractivity contribution is 5.56. The fraction of sp³-hybridized carbons (Fsp3) is 0.231. The van der Waals surface area contributed by atoms with Crippen molar-refractivity contribution in [3.8, 4) is 0 Å². The number of benzene rings is 1. The summed E-state index contributed by atoms with van der Waals surface area (Å²) >= 11 is 0. The van der Waals surface area contributed by atoms with E-state index in [1.165, 1.54) is 12.1 Å². The number of fused-ring (bicyclic) bond motifs is 1. The smallest absolute Gasteiger partial charge is 0.229 e. The quantitative estimate of drug-likeness (QED) is 0.763. The normalized spacial score (nSPS) is 13.9. The molecule has 0 radical (unpaired) electrons. The van der Waals surface area contributed by atoms with Crippen LogP contribution in [0.2, 0.25) is 0 Å². The van der Waals surface area contributed by atoms with Gasteiger partial charge in [0.25, 0.3) is 0 Å². The Bertz CT molecular complexity index is 597. The predicted molar refractivity (Wildman–Crippen MR) is 71.5 cm³/mol. The standard InChI is InChI=1S/C13H14FN5/c14-8-1-3-9(4-2-8)17-13-18-11-5-6-16-7-10(11)12(15)19-13/h1-4,16H,5-7H2,(H3,15,17,18,19). The van der Waals surface area contributed by atoms with E-state index in [-0.39, 0.29) is 5.82 Å². The molecule has 0 saturated carbocycles. The van der Waals surface area contributed by atoms with E-state index < -0.39 is 0 Å². The third kappa shape index (κ3) is 2.48. The summed E-state index contributed by atoms with van der Waals surface area (Å²) in [5.74, 6) is 0.661. The van der Waals surface area contributed by atoms with E-state index in [1.807, 2.05) is 0 Å². The minimum absolute atomic E-state index is 0.275. The Balaban J connectivity index is 1.89. The van der Waals surface area contributed by atoms with Crippen LogP contribution >= 0.6 is 0 Å². The van der Waals surface area contributed by atoms with Gasteiger partial charge >= 0.3 is 0 Å². The second-order valence-electron chi connectivity index (χ2n) is 4.42. The Morgan fingerprint density at radius 2 is 2.00 bits per heavy atom. The van der Waals surface area contributed by atoms with Crippen molar-refractivity contribution >= 4 is 17.5 Å². The van der Waals surface area contributed by atoms with Crippen molar-refractivity contribution in [1.29, 1.82) is 0 Å². The van der Waals surface area contributed by atoms with Gasteiger partial charge in [0.05, 0.1) is 5.69 Å². The molecule has 0 atom stereocenters. The number of nitrogens with two attached hydrogens (primary N) is 1. The van der Waals surface area contributed by atoms with E-state index in [0.717, 1.165) is 29.9 Å². The first kappa shape index (κ1) is 11.9. The number of halogens is 1. The summed E-state index contributed by atoms with van der Waals surface area (Å²) in [7, 11) is 0. The average Bonchev–Trinajstić information content (AvgIpc) is 2.42. The van der Waals surface area contributed by atoms with Gasteiger partial charge < -0.3 is 16.4 Å². The van der Waals surface area contributed by atoms with E-state index in [1.54, 1.807) is 12.1 Å². The number of hydrogen-bond donors (Lipinski definition) is 3. The average molecular weight is 259 g/mol. The predicted octanol–water partition coefficient (Wildman–Crippen LogP) is 1.59. The monoisotopic (exact) mass is 259 g/mol. The Hall–Kier alpha value is -2.21. The van der Waals surface area contributed by atoms with Crippen molar-refractivity contribution < 1.29 is 4.39 Å². The van der Waals surface area contributed by atoms with Gasteiger partial charge in [-0.25, -0.2) is 9.37 Å². The minimum Gasteiger partial charge on any atom is -0.383 e. The fourth-order valence-corrected chi connectivity index (χ4v) is 2.09. The topological polar surface area (TPSA) is 75.9 Å².